The fraction of sp³-hybridized carbons (Fsp3) is 0.467. The van der Waals surface area contributed by atoms with Crippen molar-refractivity contribution < 1.29 is 9.53 Å². The number of fused-ring (bicyclic) bond motifs is 1. The van der Waals surface area contributed by atoms with E-state index in [1.807, 2.05) is 6.07 Å². The molecule has 4 N–H and O–H groups in total. The van der Waals surface area contributed by atoms with Crippen LogP contribution in [0.5, 0.6) is 0 Å². The van der Waals surface area contributed by atoms with E-state index < -0.39 is 0 Å². The highest BCUT2D eigenvalue weighted by Crippen LogP contribution is 2.19. The molecule has 0 atom stereocenters. The molecule has 0 bridgehead atoms. The number of aromatic nitrogens is 1. The Morgan fingerprint density at radius 3 is 3.19 bits per heavy atom. The molecule has 0 unspecified atom stereocenters. The number of rotatable bonds is 6. The zero-order chi connectivity index (χ0) is 15.1. The third-order valence-electron chi connectivity index (χ3n) is 3.27. The van der Waals surface area contributed by atoms with Gasteiger partial charge in [-0.05, 0) is 31.4 Å². The summed E-state index contributed by atoms with van der Waals surface area (Å²) in [5.74, 6) is 0.585. The summed E-state index contributed by atoms with van der Waals surface area (Å²) in [6.45, 7) is 3.76. The summed E-state index contributed by atoms with van der Waals surface area (Å²) in [6, 6.07) is 4.10. The normalized spacial score (nSPS) is 14.1. The van der Waals surface area contributed by atoms with Gasteiger partial charge in [-0.3, -0.25) is 0 Å². The first kappa shape index (κ1) is 15.3. The maximum Gasteiger partial charge on any atom is 0.336 e. The predicted octanol–water partition coefficient (Wildman–Crippen LogP) is 0.935. The molecule has 0 radical (unpaired) electrons. The highest BCUT2D eigenvalue weighted by Gasteiger charge is 2.10. The van der Waals surface area contributed by atoms with Crippen LogP contribution in [0.3, 0.4) is 0 Å². The van der Waals surface area contributed by atoms with Gasteiger partial charge in [0.1, 0.15) is 5.82 Å². The molecule has 6 nitrogen and oxygen atoms in total. The summed E-state index contributed by atoms with van der Waals surface area (Å²) in [5.41, 5.74) is 8.14. The molecule has 2 rings (SSSR count). The summed E-state index contributed by atoms with van der Waals surface area (Å²) < 4.78 is 4.92. The summed E-state index contributed by atoms with van der Waals surface area (Å²) in [5, 5.41) is 6.37. The zero-order valence-electron chi connectivity index (χ0n) is 12.3. The van der Waals surface area contributed by atoms with E-state index in [1.165, 1.54) is 5.56 Å². The minimum Gasteiger partial charge on any atom is -0.463 e. The molecule has 114 valence electrons. The van der Waals surface area contributed by atoms with Crippen LogP contribution >= 0.6 is 0 Å². The van der Waals surface area contributed by atoms with E-state index in [-0.39, 0.29) is 12.5 Å². The molecule has 0 aliphatic carbocycles. The summed E-state index contributed by atoms with van der Waals surface area (Å²) in [7, 11) is 0. The maximum absolute atomic E-state index is 11.6. The van der Waals surface area contributed by atoms with E-state index in [0.29, 0.717) is 18.7 Å². The molecular weight excluding hydrogens is 268 g/mol. The molecule has 0 amide bonds. The van der Waals surface area contributed by atoms with E-state index >= 15 is 0 Å². The van der Waals surface area contributed by atoms with Gasteiger partial charge in [0, 0.05) is 19.3 Å². The van der Waals surface area contributed by atoms with Crippen LogP contribution < -0.4 is 16.4 Å². The van der Waals surface area contributed by atoms with E-state index in [9.17, 15) is 4.79 Å². The van der Waals surface area contributed by atoms with E-state index in [4.69, 9.17) is 10.5 Å². The number of nitrogens with two attached hydrogens (primary N) is 1. The van der Waals surface area contributed by atoms with Crippen LogP contribution in [0.4, 0.5) is 5.82 Å². The second-order valence-corrected chi connectivity index (χ2v) is 4.82. The first-order valence-corrected chi connectivity index (χ1v) is 7.27. The van der Waals surface area contributed by atoms with Crippen LogP contribution in [0.1, 0.15) is 24.6 Å². The topological polar surface area (TPSA) is 89.3 Å². The smallest absolute Gasteiger partial charge is 0.336 e. The van der Waals surface area contributed by atoms with Crippen molar-refractivity contribution in [2.45, 2.75) is 26.3 Å². The number of aryl methyl sites for hydroxylation is 1. The molecular formula is C15H22N4O2. The minimum atomic E-state index is -0.382. The predicted molar refractivity (Wildman–Crippen MR) is 81.7 cm³/mol. The van der Waals surface area contributed by atoms with Gasteiger partial charge in [-0.15, -0.1) is 0 Å². The number of ether oxygens (including phenoxy) is 1. The van der Waals surface area contributed by atoms with Gasteiger partial charge in [-0.1, -0.05) is 6.07 Å². The average molecular weight is 290 g/mol. The lowest BCUT2D eigenvalue weighted by atomic mass is 10.1. The SMILES string of the molecule is CCOC(=O)/C(=C/NCc1ccc2c(n1)NCCC2)CN. The Bertz CT molecular complexity index is 528. The third kappa shape index (κ3) is 4.19. The lowest BCUT2D eigenvalue weighted by Gasteiger charge is -2.17. The zero-order valence-corrected chi connectivity index (χ0v) is 12.3. The van der Waals surface area contributed by atoms with E-state index in [2.05, 4.69) is 21.7 Å². The van der Waals surface area contributed by atoms with Gasteiger partial charge < -0.3 is 21.1 Å². The molecule has 1 aliphatic rings. The Morgan fingerprint density at radius 1 is 1.57 bits per heavy atom. The van der Waals surface area contributed by atoms with Crippen LogP contribution in [-0.4, -0.2) is 30.6 Å². The first-order chi connectivity index (χ1) is 10.2. The Kier molecular flexibility index (Phi) is 5.57. The number of nitrogens with one attached hydrogen (secondary N) is 2. The standard InChI is InChI=1S/C15H22N4O2/c1-2-21-15(20)12(8-16)9-17-10-13-6-5-11-4-3-7-18-14(11)19-13/h5-6,9,17H,2-4,7-8,10,16H2,1H3,(H,18,19)/b12-9+. The number of hydrogen-bond acceptors (Lipinski definition) is 6. The second kappa shape index (κ2) is 7.64. The van der Waals surface area contributed by atoms with Crippen LogP contribution in [0.2, 0.25) is 0 Å². The van der Waals surface area contributed by atoms with Crippen molar-refractivity contribution in [2.75, 3.05) is 25.0 Å². The minimum absolute atomic E-state index is 0.144. The number of anilines is 1. The molecule has 1 aromatic rings. The van der Waals surface area contributed by atoms with E-state index in [0.717, 1.165) is 30.9 Å². The third-order valence-corrected chi connectivity index (χ3v) is 3.27. The Labute approximate surface area is 124 Å². The number of carbonyl (C=O) groups is 1. The Morgan fingerprint density at radius 2 is 2.43 bits per heavy atom. The molecule has 1 aliphatic heterocycles. The Hall–Kier alpha value is -2.08. The fourth-order valence-corrected chi connectivity index (χ4v) is 2.17. The van der Waals surface area contributed by atoms with Gasteiger partial charge in [0.05, 0.1) is 24.4 Å². The van der Waals surface area contributed by atoms with Gasteiger partial charge in [-0.2, -0.15) is 0 Å². The van der Waals surface area contributed by atoms with Crippen molar-refractivity contribution in [3.05, 3.63) is 35.2 Å². The van der Waals surface area contributed by atoms with Crippen molar-refractivity contribution in [3.63, 3.8) is 0 Å². The molecule has 6 heteroatoms. The summed E-state index contributed by atoms with van der Waals surface area (Å²) in [4.78, 5) is 16.1. The second-order valence-electron chi connectivity index (χ2n) is 4.82. The number of hydrogen-bond donors (Lipinski definition) is 3. The first-order valence-electron chi connectivity index (χ1n) is 7.27. The monoisotopic (exact) mass is 290 g/mol. The lowest BCUT2D eigenvalue weighted by molar-refractivity contribution is -0.138. The van der Waals surface area contributed by atoms with Crippen molar-refractivity contribution in [3.8, 4) is 0 Å². The van der Waals surface area contributed by atoms with Crippen molar-refractivity contribution >= 4 is 11.8 Å². The largest absolute Gasteiger partial charge is 0.463 e. The molecule has 2 heterocycles. The fourth-order valence-electron chi connectivity index (χ4n) is 2.17. The molecule has 21 heavy (non-hydrogen) atoms. The van der Waals surface area contributed by atoms with Gasteiger partial charge in [0.15, 0.2) is 0 Å². The van der Waals surface area contributed by atoms with Crippen LogP contribution in [-0.2, 0) is 22.5 Å². The van der Waals surface area contributed by atoms with Crippen molar-refractivity contribution in [2.24, 2.45) is 5.73 Å². The molecule has 0 fully saturated rings. The highest BCUT2D eigenvalue weighted by molar-refractivity contribution is 5.88. The number of carbonyl (C=O) groups excluding carboxylic acids is 1. The number of pyridine rings is 1. The van der Waals surface area contributed by atoms with E-state index in [1.54, 1.807) is 13.1 Å². The quantitative estimate of drug-likeness (QED) is 0.533. The maximum atomic E-state index is 11.6. The van der Waals surface area contributed by atoms with Crippen molar-refractivity contribution in [1.82, 2.24) is 10.3 Å². The molecule has 0 saturated heterocycles. The van der Waals surface area contributed by atoms with Crippen LogP contribution in [0.15, 0.2) is 23.9 Å². The van der Waals surface area contributed by atoms with Crippen LogP contribution in [0.25, 0.3) is 0 Å². The lowest BCUT2D eigenvalue weighted by Crippen LogP contribution is -2.20. The Balaban J connectivity index is 1.94. The number of esters is 1. The van der Waals surface area contributed by atoms with Crippen molar-refractivity contribution in [1.29, 1.82) is 0 Å². The summed E-state index contributed by atoms with van der Waals surface area (Å²) >= 11 is 0. The summed E-state index contributed by atoms with van der Waals surface area (Å²) in [6.07, 6.45) is 3.82. The van der Waals surface area contributed by atoms with Gasteiger partial charge in [0.2, 0.25) is 0 Å². The molecule has 0 aromatic carbocycles. The van der Waals surface area contributed by atoms with Gasteiger partial charge in [0.25, 0.3) is 0 Å². The van der Waals surface area contributed by atoms with Gasteiger partial charge in [-0.25, -0.2) is 9.78 Å². The van der Waals surface area contributed by atoms with Gasteiger partial charge >= 0.3 is 5.97 Å². The number of nitrogens with zero attached hydrogens (tertiary/aromatic N) is 1. The molecule has 0 spiro atoms. The molecule has 0 saturated carbocycles. The van der Waals surface area contributed by atoms with Crippen LogP contribution in [0, 0.1) is 0 Å². The average Bonchev–Trinajstić information content (AvgIpc) is 2.51. The molecule has 1 aromatic heterocycles. The highest BCUT2D eigenvalue weighted by atomic mass is 16.5.